The number of fused-ring (bicyclic) bond motifs is 1. The molecule has 108 valence electrons. The molecule has 2 N–H and O–H groups in total. The lowest BCUT2D eigenvalue weighted by Crippen LogP contribution is -2.06. The number of nitrogens with two attached hydrogens (primary N) is 1. The summed E-state index contributed by atoms with van der Waals surface area (Å²) in [6, 6.07) is 2.05. The fourth-order valence-electron chi connectivity index (χ4n) is 2.25. The summed E-state index contributed by atoms with van der Waals surface area (Å²) in [6.07, 6.45) is 6.33. The molecule has 0 aromatic carbocycles. The smallest absolute Gasteiger partial charge is 0.225 e. The molecule has 0 amide bonds. The topological polar surface area (TPSA) is 82.0 Å². The van der Waals surface area contributed by atoms with E-state index in [1.165, 1.54) is 0 Å². The van der Waals surface area contributed by atoms with E-state index in [1.807, 2.05) is 12.3 Å². The number of nitrogen functional groups attached to an aromatic ring is 1. The Morgan fingerprint density at radius 1 is 1.19 bits per heavy atom. The average molecular weight is 282 g/mol. The fourth-order valence-corrected chi connectivity index (χ4v) is 2.25. The maximum atomic E-state index is 6.01. The van der Waals surface area contributed by atoms with Crippen molar-refractivity contribution in [3.8, 4) is 11.4 Å². The first-order chi connectivity index (χ1) is 10.1. The van der Waals surface area contributed by atoms with Crippen molar-refractivity contribution in [2.45, 2.75) is 33.1 Å². The zero-order valence-electron chi connectivity index (χ0n) is 12.4. The number of nitrogens with zero attached hydrogens (tertiary/aromatic N) is 5. The Balaban J connectivity index is 2.21. The molecule has 0 bridgehead atoms. The maximum Gasteiger partial charge on any atom is 0.225 e. The molecule has 0 spiro atoms. The van der Waals surface area contributed by atoms with Crippen LogP contribution in [0.2, 0.25) is 0 Å². The van der Waals surface area contributed by atoms with Crippen LogP contribution in [-0.2, 0) is 6.42 Å². The molecule has 6 nitrogen and oxygen atoms in total. The van der Waals surface area contributed by atoms with Crippen LogP contribution in [0.15, 0.2) is 24.7 Å². The molecule has 3 aromatic rings. The molecular formula is C15H18N6. The van der Waals surface area contributed by atoms with Gasteiger partial charge in [0.15, 0.2) is 11.5 Å². The SMILES string of the molecule is CCc1cncc(-c2nc(N)n3ncc(C(C)C)c3n2)c1. The van der Waals surface area contributed by atoms with E-state index in [9.17, 15) is 0 Å². The van der Waals surface area contributed by atoms with Crippen LogP contribution in [0.4, 0.5) is 5.95 Å². The van der Waals surface area contributed by atoms with E-state index in [-0.39, 0.29) is 0 Å². The highest BCUT2D eigenvalue weighted by Crippen LogP contribution is 2.23. The highest BCUT2D eigenvalue weighted by Gasteiger charge is 2.14. The fraction of sp³-hybridized carbons (Fsp3) is 0.333. The summed E-state index contributed by atoms with van der Waals surface area (Å²) in [6.45, 7) is 6.30. The maximum absolute atomic E-state index is 6.01. The number of hydrogen-bond acceptors (Lipinski definition) is 5. The van der Waals surface area contributed by atoms with Gasteiger partial charge in [-0.2, -0.15) is 14.6 Å². The third kappa shape index (κ3) is 2.33. The summed E-state index contributed by atoms with van der Waals surface area (Å²) in [5.74, 6) is 1.25. The first-order valence-electron chi connectivity index (χ1n) is 7.05. The van der Waals surface area contributed by atoms with Gasteiger partial charge < -0.3 is 5.73 Å². The van der Waals surface area contributed by atoms with Gasteiger partial charge in [0.1, 0.15) is 0 Å². The minimum absolute atomic E-state index is 0.324. The first kappa shape index (κ1) is 13.5. The lowest BCUT2D eigenvalue weighted by atomic mass is 10.1. The van der Waals surface area contributed by atoms with E-state index in [0.717, 1.165) is 28.8 Å². The van der Waals surface area contributed by atoms with Gasteiger partial charge in [-0.05, 0) is 24.0 Å². The Morgan fingerprint density at radius 2 is 2.00 bits per heavy atom. The van der Waals surface area contributed by atoms with Crippen molar-refractivity contribution in [1.29, 1.82) is 0 Å². The summed E-state index contributed by atoms with van der Waals surface area (Å²) in [5.41, 5.74) is 9.85. The molecule has 0 saturated heterocycles. The zero-order valence-corrected chi connectivity index (χ0v) is 12.4. The van der Waals surface area contributed by atoms with Crippen LogP contribution in [0, 0.1) is 0 Å². The van der Waals surface area contributed by atoms with Crippen molar-refractivity contribution in [3.05, 3.63) is 35.8 Å². The largest absolute Gasteiger partial charge is 0.368 e. The van der Waals surface area contributed by atoms with Crippen molar-refractivity contribution in [1.82, 2.24) is 24.6 Å². The first-order valence-corrected chi connectivity index (χ1v) is 7.05. The van der Waals surface area contributed by atoms with Crippen molar-refractivity contribution < 1.29 is 0 Å². The number of aromatic nitrogens is 5. The molecule has 0 aliphatic rings. The molecular weight excluding hydrogens is 264 g/mol. The second-order valence-electron chi connectivity index (χ2n) is 5.33. The standard InChI is InChI=1S/C15H18N6/c1-4-10-5-11(7-17-6-10)13-19-14-12(9(2)3)8-18-21(14)15(16)20-13/h5-9H,4H2,1-3H3,(H2,16,19,20). The molecule has 0 fully saturated rings. The molecule has 0 atom stereocenters. The average Bonchev–Trinajstić information content (AvgIpc) is 2.92. The molecule has 6 heteroatoms. The summed E-state index contributed by atoms with van der Waals surface area (Å²) >= 11 is 0. The molecule has 0 saturated carbocycles. The minimum atomic E-state index is 0.324. The normalized spacial score (nSPS) is 11.4. The van der Waals surface area contributed by atoms with E-state index in [1.54, 1.807) is 16.9 Å². The Kier molecular flexibility index (Phi) is 3.29. The minimum Gasteiger partial charge on any atom is -0.368 e. The van der Waals surface area contributed by atoms with Crippen molar-refractivity contribution >= 4 is 11.6 Å². The van der Waals surface area contributed by atoms with Crippen molar-refractivity contribution in [3.63, 3.8) is 0 Å². The van der Waals surface area contributed by atoms with Crippen LogP contribution in [0.3, 0.4) is 0 Å². The van der Waals surface area contributed by atoms with Crippen LogP contribution in [0.25, 0.3) is 17.0 Å². The third-order valence-corrected chi connectivity index (χ3v) is 3.50. The quantitative estimate of drug-likeness (QED) is 0.798. The summed E-state index contributed by atoms with van der Waals surface area (Å²) in [5, 5.41) is 4.26. The van der Waals surface area contributed by atoms with Gasteiger partial charge in [0.25, 0.3) is 0 Å². The second kappa shape index (κ2) is 5.12. The van der Waals surface area contributed by atoms with Crippen LogP contribution >= 0.6 is 0 Å². The van der Waals surface area contributed by atoms with Gasteiger partial charge in [-0.25, -0.2) is 4.98 Å². The van der Waals surface area contributed by atoms with E-state index in [2.05, 4.69) is 40.8 Å². The Morgan fingerprint density at radius 3 is 2.71 bits per heavy atom. The Hall–Kier alpha value is -2.50. The number of aryl methyl sites for hydroxylation is 1. The van der Waals surface area contributed by atoms with Crippen molar-refractivity contribution in [2.24, 2.45) is 0 Å². The highest BCUT2D eigenvalue weighted by atomic mass is 15.3. The van der Waals surface area contributed by atoms with Crippen molar-refractivity contribution in [2.75, 3.05) is 5.73 Å². The molecule has 3 aromatic heterocycles. The van der Waals surface area contributed by atoms with Gasteiger partial charge in [0, 0.05) is 23.5 Å². The molecule has 0 radical (unpaired) electrons. The van der Waals surface area contributed by atoms with E-state index < -0.39 is 0 Å². The van der Waals surface area contributed by atoms with E-state index in [4.69, 9.17) is 5.73 Å². The molecule has 21 heavy (non-hydrogen) atoms. The van der Waals surface area contributed by atoms with Crippen LogP contribution < -0.4 is 5.73 Å². The summed E-state index contributed by atoms with van der Waals surface area (Å²) in [7, 11) is 0. The summed E-state index contributed by atoms with van der Waals surface area (Å²) in [4.78, 5) is 13.2. The van der Waals surface area contributed by atoms with Gasteiger partial charge in [-0.15, -0.1) is 0 Å². The number of anilines is 1. The van der Waals surface area contributed by atoms with Crippen LogP contribution in [0.5, 0.6) is 0 Å². The third-order valence-electron chi connectivity index (χ3n) is 3.50. The van der Waals surface area contributed by atoms with Crippen LogP contribution in [-0.4, -0.2) is 24.6 Å². The molecule has 0 aliphatic heterocycles. The highest BCUT2D eigenvalue weighted by molar-refractivity contribution is 5.61. The predicted molar refractivity (Wildman–Crippen MR) is 81.9 cm³/mol. The Labute approximate surface area is 123 Å². The van der Waals surface area contributed by atoms with Gasteiger partial charge in [-0.1, -0.05) is 20.8 Å². The van der Waals surface area contributed by atoms with E-state index >= 15 is 0 Å². The van der Waals surface area contributed by atoms with Crippen LogP contribution in [0.1, 0.15) is 37.8 Å². The Bertz CT molecular complexity index is 790. The number of pyridine rings is 1. The van der Waals surface area contributed by atoms with Gasteiger partial charge in [0.2, 0.25) is 5.95 Å². The van der Waals surface area contributed by atoms with Gasteiger partial charge >= 0.3 is 0 Å². The van der Waals surface area contributed by atoms with E-state index in [0.29, 0.717) is 17.7 Å². The summed E-state index contributed by atoms with van der Waals surface area (Å²) < 4.78 is 1.58. The number of rotatable bonds is 3. The predicted octanol–water partition coefficient (Wildman–Crippen LogP) is 2.45. The molecule has 3 heterocycles. The lowest BCUT2D eigenvalue weighted by molar-refractivity contribution is 0.870. The number of hydrogen-bond donors (Lipinski definition) is 1. The van der Waals surface area contributed by atoms with Gasteiger partial charge in [-0.3, -0.25) is 4.98 Å². The second-order valence-corrected chi connectivity index (χ2v) is 5.33. The lowest BCUT2D eigenvalue weighted by Gasteiger charge is -2.06. The molecule has 3 rings (SSSR count). The zero-order chi connectivity index (χ0) is 15.0. The van der Waals surface area contributed by atoms with Gasteiger partial charge in [0.05, 0.1) is 6.20 Å². The monoisotopic (exact) mass is 282 g/mol. The molecule has 0 aliphatic carbocycles. The molecule has 0 unspecified atom stereocenters.